The average Bonchev–Trinajstić information content (AvgIpc) is 3.19. The van der Waals surface area contributed by atoms with Crippen molar-refractivity contribution in [3.05, 3.63) is 71.9 Å². The minimum Gasteiger partial charge on any atom is -0.350 e. The first-order valence-corrected chi connectivity index (χ1v) is 9.51. The fourth-order valence-electron chi connectivity index (χ4n) is 3.27. The van der Waals surface area contributed by atoms with Gasteiger partial charge in [0.05, 0.1) is 11.3 Å². The number of nitrogens with zero attached hydrogens (tertiary/aromatic N) is 2. The first kappa shape index (κ1) is 18.4. The lowest BCUT2D eigenvalue weighted by Gasteiger charge is -2.22. The Balaban J connectivity index is 1.65. The van der Waals surface area contributed by atoms with E-state index in [1.54, 1.807) is 10.9 Å². The molecule has 0 unspecified atom stereocenters. The van der Waals surface area contributed by atoms with E-state index in [-0.39, 0.29) is 5.91 Å². The molecular formula is C22H23N3O3. The zero-order chi connectivity index (χ0) is 19.3. The van der Waals surface area contributed by atoms with Crippen LogP contribution in [-0.2, 0) is 9.57 Å². The van der Waals surface area contributed by atoms with E-state index in [1.165, 1.54) is 0 Å². The van der Waals surface area contributed by atoms with Crippen LogP contribution in [0.15, 0.2) is 60.8 Å². The highest BCUT2D eigenvalue weighted by Crippen LogP contribution is 2.26. The third-order valence-corrected chi connectivity index (χ3v) is 4.80. The smallest absolute Gasteiger partial charge is 0.278 e. The summed E-state index contributed by atoms with van der Waals surface area (Å²) in [5, 5.41) is 4.70. The number of carbonyl (C=O) groups is 1. The van der Waals surface area contributed by atoms with Crippen molar-refractivity contribution in [2.75, 3.05) is 6.61 Å². The number of ether oxygens (including phenoxy) is 1. The molecular weight excluding hydrogens is 354 g/mol. The molecule has 0 aliphatic carbocycles. The minimum absolute atomic E-state index is 0.338. The van der Waals surface area contributed by atoms with E-state index in [1.807, 2.05) is 61.5 Å². The van der Waals surface area contributed by atoms with Crippen LogP contribution in [0.3, 0.4) is 0 Å². The summed E-state index contributed by atoms with van der Waals surface area (Å²) in [6.07, 6.45) is 4.16. The number of rotatable bonds is 5. The molecule has 28 heavy (non-hydrogen) atoms. The first-order valence-electron chi connectivity index (χ1n) is 9.51. The molecule has 3 aromatic rings. The van der Waals surface area contributed by atoms with Crippen LogP contribution in [0, 0.1) is 6.92 Å². The van der Waals surface area contributed by atoms with Crippen LogP contribution in [0.1, 0.15) is 35.2 Å². The lowest BCUT2D eigenvalue weighted by atomic mass is 10.0. The Bertz CT molecular complexity index is 947. The summed E-state index contributed by atoms with van der Waals surface area (Å²) >= 11 is 0. The van der Waals surface area contributed by atoms with Gasteiger partial charge in [0.25, 0.3) is 5.91 Å². The molecule has 1 saturated heterocycles. The molecule has 2 aromatic carbocycles. The number of benzene rings is 2. The topological polar surface area (TPSA) is 65.4 Å². The molecule has 144 valence electrons. The number of hydroxylamine groups is 1. The van der Waals surface area contributed by atoms with Gasteiger partial charge in [-0.1, -0.05) is 42.5 Å². The van der Waals surface area contributed by atoms with Crippen molar-refractivity contribution in [3.63, 3.8) is 0 Å². The number of aryl methyl sites for hydroxylation is 1. The maximum Gasteiger partial charge on any atom is 0.278 e. The van der Waals surface area contributed by atoms with Crippen LogP contribution >= 0.6 is 0 Å². The average molecular weight is 377 g/mol. The van der Waals surface area contributed by atoms with Crippen LogP contribution < -0.4 is 5.48 Å². The Morgan fingerprint density at radius 2 is 1.93 bits per heavy atom. The van der Waals surface area contributed by atoms with Crippen molar-refractivity contribution in [1.82, 2.24) is 15.3 Å². The number of carbonyl (C=O) groups excluding carboxylic acids is 1. The second-order valence-corrected chi connectivity index (χ2v) is 6.83. The van der Waals surface area contributed by atoms with Gasteiger partial charge in [0.2, 0.25) is 0 Å². The summed E-state index contributed by atoms with van der Waals surface area (Å²) in [5.41, 5.74) is 6.46. The third kappa shape index (κ3) is 3.98. The van der Waals surface area contributed by atoms with Crippen LogP contribution in [0.5, 0.6) is 0 Å². The van der Waals surface area contributed by atoms with Gasteiger partial charge in [-0.3, -0.25) is 4.79 Å². The molecule has 1 fully saturated rings. The van der Waals surface area contributed by atoms with E-state index in [2.05, 4.69) is 5.48 Å². The fourth-order valence-corrected chi connectivity index (χ4v) is 3.27. The lowest BCUT2D eigenvalue weighted by Crippen LogP contribution is -2.33. The molecule has 4 rings (SSSR count). The van der Waals surface area contributed by atoms with Gasteiger partial charge in [-0.2, -0.15) is 5.10 Å². The number of para-hydroxylation sites is 1. The number of hydrogen-bond donors (Lipinski definition) is 1. The predicted molar refractivity (Wildman–Crippen MR) is 106 cm³/mol. The van der Waals surface area contributed by atoms with Crippen LogP contribution in [-0.4, -0.2) is 28.6 Å². The van der Waals surface area contributed by atoms with E-state index in [4.69, 9.17) is 14.7 Å². The molecule has 0 bridgehead atoms. The highest BCUT2D eigenvalue weighted by atomic mass is 16.8. The summed E-state index contributed by atoms with van der Waals surface area (Å²) < 4.78 is 7.23. The molecule has 1 aliphatic rings. The highest BCUT2D eigenvalue weighted by molar-refractivity contribution is 5.99. The number of amides is 1. The highest BCUT2D eigenvalue weighted by Gasteiger charge is 2.22. The summed E-state index contributed by atoms with van der Waals surface area (Å²) in [6, 6.07) is 17.6. The Morgan fingerprint density at radius 3 is 2.68 bits per heavy atom. The fraction of sp³-hybridized carbons (Fsp3) is 0.273. The van der Waals surface area contributed by atoms with Crippen molar-refractivity contribution in [1.29, 1.82) is 0 Å². The minimum atomic E-state index is -0.399. The van der Waals surface area contributed by atoms with Crippen molar-refractivity contribution < 1.29 is 14.4 Å². The van der Waals surface area contributed by atoms with Gasteiger partial charge in [0.15, 0.2) is 6.29 Å². The van der Waals surface area contributed by atoms with Gasteiger partial charge in [-0.25, -0.2) is 15.0 Å². The number of hydrogen-bond acceptors (Lipinski definition) is 4. The van der Waals surface area contributed by atoms with Gasteiger partial charge in [0, 0.05) is 24.8 Å². The molecule has 1 atom stereocenters. The standard InChI is InChI=1S/C22H23N3O3/c1-16-9-5-6-12-18(16)21-19(15-25(23-21)17-10-3-2-4-11-17)22(26)24-28-20-13-7-8-14-27-20/h2-6,9-12,15,20H,7-8,13-14H2,1H3,(H,24,26)/t20-/m0/s1. The summed E-state index contributed by atoms with van der Waals surface area (Å²) in [5.74, 6) is -0.338. The van der Waals surface area contributed by atoms with Gasteiger partial charge in [-0.15, -0.1) is 0 Å². The van der Waals surface area contributed by atoms with Gasteiger partial charge in [-0.05, 0) is 37.5 Å². The molecule has 1 aliphatic heterocycles. The van der Waals surface area contributed by atoms with E-state index in [0.29, 0.717) is 17.9 Å². The van der Waals surface area contributed by atoms with Crippen molar-refractivity contribution >= 4 is 5.91 Å². The van der Waals surface area contributed by atoms with E-state index >= 15 is 0 Å². The molecule has 0 spiro atoms. The molecule has 6 nitrogen and oxygen atoms in total. The van der Waals surface area contributed by atoms with Gasteiger partial charge >= 0.3 is 0 Å². The Kier molecular flexibility index (Phi) is 5.50. The second-order valence-electron chi connectivity index (χ2n) is 6.83. The Hall–Kier alpha value is -2.96. The van der Waals surface area contributed by atoms with Gasteiger partial charge < -0.3 is 4.74 Å². The Morgan fingerprint density at radius 1 is 1.14 bits per heavy atom. The summed E-state index contributed by atoms with van der Waals surface area (Å²) in [4.78, 5) is 18.4. The molecule has 0 radical (unpaired) electrons. The maximum atomic E-state index is 12.9. The maximum absolute atomic E-state index is 12.9. The monoisotopic (exact) mass is 377 g/mol. The number of aromatic nitrogens is 2. The lowest BCUT2D eigenvalue weighted by molar-refractivity contribution is -0.186. The van der Waals surface area contributed by atoms with E-state index in [0.717, 1.165) is 36.1 Å². The predicted octanol–water partition coefficient (Wildman–Crippen LogP) is 4.04. The van der Waals surface area contributed by atoms with Crippen molar-refractivity contribution in [2.24, 2.45) is 0 Å². The molecule has 1 N–H and O–H groups in total. The number of nitrogens with one attached hydrogen (secondary N) is 1. The van der Waals surface area contributed by atoms with Crippen LogP contribution in [0.4, 0.5) is 0 Å². The summed E-state index contributed by atoms with van der Waals surface area (Å²) in [7, 11) is 0. The van der Waals surface area contributed by atoms with Crippen LogP contribution in [0.2, 0.25) is 0 Å². The zero-order valence-corrected chi connectivity index (χ0v) is 15.8. The normalized spacial score (nSPS) is 16.7. The summed E-state index contributed by atoms with van der Waals surface area (Å²) in [6.45, 7) is 2.66. The second kappa shape index (κ2) is 8.37. The molecule has 6 heteroatoms. The van der Waals surface area contributed by atoms with E-state index in [9.17, 15) is 4.79 Å². The largest absolute Gasteiger partial charge is 0.350 e. The van der Waals surface area contributed by atoms with Crippen LogP contribution in [0.25, 0.3) is 16.9 Å². The Labute approximate surface area is 164 Å². The zero-order valence-electron chi connectivity index (χ0n) is 15.8. The third-order valence-electron chi connectivity index (χ3n) is 4.80. The van der Waals surface area contributed by atoms with Gasteiger partial charge in [0.1, 0.15) is 5.69 Å². The molecule has 1 aromatic heterocycles. The quantitative estimate of drug-likeness (QED) is 0.682. The molecule has 1 amide bonds. The van der Waals surface area contributed by atoms with Crippen molar-refractivity contribution in [3.8, 4) is 16.9 Å². The SMILES string of the molecule is Cc1ccccc1-c1nn(-c2ccccc2)cc1C(=O)NO[C@H]1CCCCO1. The molecule has 0 saturated carbocycles. The van der Waals surface area contributed by atoms with E-state index < -0.39 is 6.29 Å². The molecule has 2 heterocycles. The van der Waals surface area contributed by atoms with Crippen molar-refractivity contribution in [2.45, 2.75) is 32.5 Å². The first-order chi connectivity index (χ1) is 13.7.